The van der Waals surface area contributed by atoms with E-state index in [2.05, 4.69) is 24.1 Å². The summed E-state index contributed by atoms with van der Waals surface area (Å²) in [4.78, 5) is 18.9. The Labute approximate surface area is 114 Å². The number of amides is 1. The lowest BCUT2D eigenvalue weighted by atomic mass is 9.85. The lowest BCUT2D eigenvalue weighted by Gasteiger charge is -2.35. The third kappa shape index (κ3) is 1.94. The number of nitrogens with zero attached hydrogens (tertiary/aromatic N) is 2. The number of likely N-dealkylation sites (tertiary alicyclic amines) is 1. The van der Waals surface area contributed by atoms with Crippen LogP contribution in [0.25, 0.3) is 0 Å². The molecule has 1 amide bonds. The number of carbonyl (C=O) groups is 1. The lowest BCUT2D eigenvalue weighted by Crippen LogP contribution is -2.47. The Bertz CT molecular complexity index is 495. The van der Waals surface area contributed by atoms with Gasteiger partial charge in [-0.3, -0.25) is 9.78 Å². The van der Waals surface area contributed by atoms with Crippen molar-refractivity contribution < 1.29 is 4.79 Å². The highest BCUT2D eigenvalue weighted by atomic mass is 16.2. The van der Waals surface area contributed by atoms with Crippen LogP contribution >= 0.6 is 0 Å². The fourth-order valence-electron chi connectivity index (χ4n) is 3.52. The first-order chi connectivity index (χ1) is 9.00. The fraction of sp³-hybridized carbons (Fsp3) is 0.600. The van der Waals surface area contributed by atoms with Gasteiger partial charge >= 0.3 is 0 Å². The number of nitrogens with one attached hydrogen (secondary N) is 1. The summed E-state index contributed by atoms with van der Waals surface area (Å²) in [6.07, 6.45) is 1.69. The van der Waals surface area contributed by atoms with Gasteiger partial charge in [0.05, 0.1) is 5.56 Å². The first-order valence-corrected chi connectivity index (χ1v) is 6.95. The summed E-state index contributed by atoms with van der Waals surface area (Å²) in [6.45, 7) is 9.22. The van der Waals surface area contributed by atoms with Gasteiger partial charge in [-0.05, 0) is 44.7 Å². The average Bonchev–Trinajstić information content (AvgIpc) is 2.92. The second kappa shape index (κ2) is 4.30. The average molecular weight is 259 g/mol. The van der Waals surface area contributed by atoms with E-state index >= 15 is 0 Å². The van der Waals surface area contributed by atoms with Crippen LogP contribution in [0.1, 0.15) is 29.9 Å². The largest absolute Gasteiger partial charge is 0.333 e. The Hall–Kier alpha value is -1.42. The van der Waals surface area contributed by atoms with Crippen LogP contribution in [0.15, 0.2) is 18.3 Å². The minimum Gasteiger partial charge on any atom is -0.333 e. The van der Waals surface area contributed by atoms with Gasteiger partial charge in [0, 0.05) is 37.1 Å². The Kier molecular flexibility index (Phi) is 2.86. The van der Waals surface area contributed by atoms with Crippen LogP contribution < -0.4 is 5.32 Å². The van der Waals surface area contributed by atoms with Crippen molar-refractivity contribution >= 4 is 5.91 Å². The number of rotatable bonds is 1. The molecule has 2 aliphatic heterocycles. The number of pyridine rings is 1. The molecule has 3 heterocycles. The molecule has 1 aromatic heterocycles. The Morgan fingerprint density at radius 3 is 2.84 bits per heavy atom. The minimum atomic E-state index is -0.0733. The fourth-order valence-corrected chi connectivity index (χ4v) is 3.52. The van der Waals surface area contributed by atoms with Crippen molar-refractivity contribution in [2.45, 2.75) is 26.3 Å². The highest BCUT2D eigenvalue weighted by molar-refractivity contribution is 5.94. The number of aryl methyl sites for hydroxylation is 1. The topological polar surface area (TPSA) is 45.2 Å². The van der Waals surface area contributed by atoms with Gasteiger partial charge in [0.25, 0.3) is 5.91 Å². The first-order valence-electron chi connectivity index (χ1n) is 6.95. The van der Waals surface area contributed by atoms with Crippen molar-refractivity contribution in [1.29, 1.82) is 0 Å². The molecule has 0 saturated carbocycles. The molecule has 4 nitrogen and oxygen atoms in total. The summed E-state index contributed by atoms with van der Waals surface area (Å²) in [5.41, 5.74) is 1.57. The maximum Gasteiger partial charge on any atom is 0.255 e. The van der Waals surface area contributed by atoms with Crippen LogP contribution in [0.5, 0.6) is 0 Å². The highest BCUT2D eigenvalue weighted by Crippen LogP contribution is 2.41. The summed E-state index contributed by atoms with van der Waals surface area (Å²) in [7, 11) is 0. The van der Waals surface area contributed by atoms with E-state index < -0.39 is 0 Å². The zero-order valence-electron chi connectivity index (χ0n) is 11.8. The van der Waals surface area contributed by atoms with Gasteiger partial charge in [0.1, 0.15) is 0 Å². The van der Waals surface area contributed by atoms with E-state index in [4.69, 9.17) is 0 Å². The predicted octanol–water partition coefficient (Wildman–Crippen LogP) is 1.46. The molecule has 0 aromatic carbocycles. The molecule has 19 heavy (non-hydrogen) atoms. The maximum atomic E-state index is 12.7. The molecule has 0 aliphatic carbocycles. The monoisotopic (exact) mass is 259 g/mol. The first kappa shape index (κ1) is 12.6. The molecule has 1 aromatic rings. The van der Waals surface area contributed by atoms with E-state index in [9.17, 15) is 4.79 Å². The summed E-state index contributed by atoms with van der Waals surface area (Å²) in [5, 5.41) is 3.44. The van der Waals surface area contributed by atoms with E-state index in [0.717, 1.165) is 25.3 Å². The molecule has 4 heteroatoms. The van der Waals surface area contributed by atoms with Crippen LogP contribution in [-0.4, -0.2) is 41.0 Å². The van der Waals surface area contributed by atoms with Crippen molar-refractivity contribution in [3.05, 3.63) is 29.6 Å². The number of hydrogen-bond donors (Lipinski definition) is 1. The molecule has 3 rings (SSSR count). The summed E-state index contributed by atoms with van der Waals surface area (Å²) in [6, 6.07) is 3.78. The van der Waals surface area contributed by atoms with E-state index in [1.807, 2.05) is 24.0 Å². The molecule has 2 fully saturated rings. The Morgan fingerprint density at radius 2 is 2.21 bits per heavy atom. The van der Waals surface area contributed by atoms with Crippen molar-refractivity contribution in [1.82, 2.24) is 15.2 Å². The minimum absolute atomic E-state index is 0.0733. The van der Waals surface area contributed by atoms with Gasteiger partial charge in [-0.15, -0.1) is 0 Å². The molecule has 0 radical (unpaired) electrons. The van der Waals surface area contributed by atoms with Gasteiger partial charge in [-0.1, -0.05) is 0 Å². The van der Waals surface area contributed by atoms with E-state index in [1.165, 1.54) is 0 Å². The Morgan fingerprint density at radius 1 is 1.42 bits per heavy atom. The quantitative estimate of drug-likeness (QED) is 0.830. The Balaban J connectivity index is 1.86. The van der Waals surface area contributed by atoms with Gasteiger partial charge < -0.3 is 10.2 Å². The van der Waals surface area contributed by atoms with Crippen LogP contribution in [0, 0.1) is 18.8 Å². The molecule has 2 aliphatic rings. The third-order valence-electron chi connectivity index (χ3n) is 4.76. The standard InChI is InChI=1S/C15H21N3O/c1-10-4-5-11(7-17-10)14(19)18-9-12-6-16-8-13(12)15(18,2)3/h4-5,7,12-13,16H,6,8-9H2,1-3H3. The molecule has 1 N–H and O–H groups in total. The molecule has 2 atom stereocenters. The van der Waals surface area contributed by atoms with Crippen molar-refractivity contribution in [2.24, 2.45) is 11.8 Å². The number of carbonyl (C=O) groups excluding carboxylic acids is 1. The van der Waals surface area contributed by atoms with E-state index in [0.29, 0.717) is 17.4 Å². The van der Waals surface area contributed by atoms with Crippen LogP contribution in [0.4, 0.5) is 0 Å². The number of hydrogen-bond acceptors (Lipinski definition) is 3. The molecule has 0 spiro atoms. The van der Waals surface area contributed by atoms with E-state index in [1.54, 1.807) is 6.20 Å². The molecule has 2 unspecified atom stereocenters. The molecule has 102 valence electrons. The van der Waals surface area contributed by atoms with Crippen molar-refractivity contribution in [3.63, 3.8) is 0 Å². The second-order valence-electron chi connectivity index (χ2n) is 6.28. The van der Waals surface area contributed by atoms with Crippen molar-refractivity contribution in [2.75, 3.05) is 19.6 Å². The summed E-state index contributed by atoms with van der Waals surface area (Å²) < 4.78 is 0. The molecule has 0 bridgehead atoms. The van der Waals surface area contributed by atoms with Gasteiger partial charge in [-0.2, -0.15) is 0 Å². The number of fused-ring (bicyclic) bond motifs is 1. The van der Waals surface area contributed by atoms with Gasteiger partial charge in [-0.25, -0.2) is 0 Å². The van der Waals surface area contributed by atoms with Crippen molar-refractivity contribution in [3.8, 4) is 0 Å². The number of aromatic nitrogens is 1. The zero-order valence-corrected chi connectivity index (χ0v) is 11.8. The van der Waals surface area contributed by atoms with E-state index in [-0.39, 0.29) is 11.4 Å². The maximum absolute atomic E-state index is 12.7. The van der Waals surface area contributed by atoms with Crippen LogP contribution in [0.3, 0.4) is 0 Å². The summed E-state index contributed by atoms with van der Waals surface area (Å²) in [5.74, 6) is 1.28. The zero-order chi connectivity index (χ0) is 13.6. The normalized spacial score (nSPS) is 28.5. The van der Waals surface area contributed by atoms with Crippen LogP contribution in [0.2, 0.25) is 0 Å². The van der Waals surface area contributed by atoms with Gasteiger partial charge in [0.2, 0.25) is 0 Å². The second-order valence-corrected chi connectivity index (χ2v) is 6.28. The summed E-state index contributed by atoms with van der Waals surface area (Å²) >= 11 is 0. The lowest BCUT2D eigenvalue weighted by molar-refractivity contribution is 0.0603. The molecule has 2 saturated heterocycles. The SMILES string of the molecule is Cc1ccc(C(=O)N2CC3CNCC3C2(C)C)cn1. The van der Waals surface area contributed by atoms with Crippen LogP contribution in [-0.2, 0) is 0 Å². The predicted molar refractivity (Wildman–Crippen MR) is 73.9 cm³/mol. The highest BCUT2D eigenvalue weighted by Gasteiger charge is 2.51. The third-order valence-corrected chi connectivity index (χ3v) is 4.76. The molecular weight excluding hydrogens is 238 g/mol. The van der Waals surface area contributed by atoms with Gasteiger partial charge in [0.15, 0.2) is 0 Å². The molecular formula is C15H21N3O. The smallest absolute Gasteiger partial charge is 0.255 e.